The Morgan fingerprint density at radius 1 is 1.17 bits per heavy atom. The fourth-order valence-corrected chi connectivity index (χ4v) is 3.43. The van der Waals surface area contributed by atoms with E-state index in [1.807, 2.05) is 31.2 Å². The molecule has 7 nitrogen and oxygen atoms in total. The number of amides is 1. The average Bonchev–Trinajstić information content (AvgIpc) is 2.71. The first-order chi connectivity index (χ1) is 14.0. The highest BCUT2D eigenvalue weighted by atomic mass is 16.5. The normalized spacial score (nSPS) is 16.5. The molecule has 1 aromatic rings. The summed E-state index contributed by atoms with van der Waals surface area (Å²) in [6, 6.07) is 8.01. The average molecular weight is 404 g/mol. The number of ether oxygens (including phenoxy) is 1. The largest absolute Gasteiger partial charge is 0.379 e. The third kappa shape index (κ3) is 8.03. The van der Waals surface area contributed by atoms with Gasteiger partial charge in [0.25, 0.3) is 5.91 Å². The Morgan fingerprint density at radius 3 is 2.55 bits per heavy atom. The van der Waals surface area contributed by atoms with Crippen LogP contribution in [-0.4, -0.2) is 75.3 Å². The Kier molecular flexibility index (Phi) is 9.94. The Hall–Kier alpha value is -2.12. The molecule has 0 saturated carbocycles. The summed E-state index contributed by atoms with van der Waals surface area (Å²) in [4.78, 5) is 19.5. The molecular weight excluding hydrogens is 366 g/mol. The van der Waals surface area contributed by atoms with Crippen molar-refractivity contribution in [2.24, 2.45) is 10.9 Å². The first kappa shape index (κ1) is 23.2. The minimum atomic E-state index is -0.0513. The molecule has 162 valence electrons. The SMILES string of the molecule is CCNC(=NCC(C(C)C)N1CCOCC1)NCCNC(=O)c1cccc(C)c1. The van der Waals surface area contributed by atoms with E-state index in [1.54, 1.807) is 0 Å². The van der Waals surface area contributed by atoms with Crippen LogP contribution in [0, 0.1) is 12.8 Å². The summed E-state index contributed by atoms with van der Waals surface area (Å²) in [5.74, 6) is 1.26. The number of nitrogens with one attached hydrogen (secondary N) is 3. The van der Waals surface area contributed by atoms with Gasteiger partial charge in [0.15, 0.2) is 5.96 Å². The van der Waals surface area contributed by atoms with Gasteiger partial charge in [-0.15, -0.1) is 0 Å². The van der Waals surface area contributed by atoms with Gasteiger partial charge in [-0.1, -0.05) is 31.5 Å². The molecule has 1 fully saturated rings. The molecule has 2 rings (SSSR count). The molecule has 0 bridgehead atoms. The Balaban J connectivity index is 1.82. The number of rotatable bonds is 9. The Labute approximate surface area is 175 Å². The second-order valence-electron chi connectivity index (χ2n) is 7.73. The van der Waals surface area contributed by atoms with E-state index < -0.39 is 0 Å². The van der Waals surface area contributed by atoms with E-state index in [-0.39, 0.29) is 5.91 Å². The summed E-state index contributed by atoms with van der Waals surface area (Å²) < 4.78 is 5.48. The van der Waals surface area contributed by atoms with E-state index in [4.69, 9.17) is 9.73 Å². The van der Waals surface area contributed by atoms with Crippen LogP contribution in [-0.2, 0) is 4.74 Å². The number of aliphatic imine (C=N–C) groups is 1. The first-order valence-corrected chi connectivity index (χ1v) is 10.7. The van der Waals surface area contributed by atoms with Gasteiger partial charge in [0, 0.05) is 44.3 Å². The van der Waals surface area contributed by atoms with Gasteiger partial charge >= 0.3 is 0 Å². The van der Waals surface area contributed by atoms with Crippen LogP contribution in [0.15, 0.2) is 29.3 Å². The van der Waals surface area contributed by atoms with Crippen molar-refractivity contribution in [2.45, 2.75) is 33.7 Å². The zero-order chi connectivity index (χ0) is 21.1. The topological polar surface area (TPSA) is 78.0 Å². The van der Waals surface area contributed by atoms with Crippen molar-refractivity contribution in [3.05, 3.63) is 35.4 Å². The predicted molar refractivity (Wildman–Crippen MR) is 119 cm³/mol. The van der Waals surface area contributed by atoms with Gasteiger partial charge in [-0.05, 0) is 31.9 Å². The summed E-state index contributed by atoms with van der Waals surface area (Å²) in [7, 11) is 0. The molecular formula is C22H37N5O2. The first-order valence-electron chi connectivity index (χ1n) is 10.7. The fourth-order valence-electron chi connectivity index (χ4n) is 3.43. The van der Waals surface area contributed by atoms with Crippen LogP contribution >= 0.6 is 0 Å². The maximum absolute atomic E-state index is 12.2. The van der Waals surface area contributed by atoms with Gasteiger partial charge < -0.3 is 20.7 Å². The third-order valence-corrected chi connectivity index (χ3v) is 5.05. The Bertz CT molecular complexity index is 656. The molecule has 1 saturated heterocycles. The summed E-state index contributed by atoms with van der Waals surface area (Å²) >= 11 is 0. The van der Waals surface area contributed by atoms with Crippen LogP contribution in [0.25, 0.3) is 0 Å². The summed E-state index contributed by atoms with van der Waals surface area (Å²) in [5.41, 5.74) is 1.77. The van der Waals surface area contributed by atoms with Crippen LogP contribution in [0.5, 0.6) is 0 Å². The number of morpholine rings is 1. The van der Waals surface area contributed by atoms with Crippen LogP contribution in [0.1, 0.15) is 36.7 Å². The van der Waals surface area contributed by atoms with Gasteiger partial charge in [0.1, 0.15) is 0 Å². The van der Waals surface area contributed by atoms with Gasteiger partial charge in [0.2, 0.25) is 0 Å². The maximum atomic E-state index is 12.2. The van der Waals surface area contributed by atoms with E-state index in [9.17, 15) is 4.79 Å². The van der Waals surface area contributed by atoms with Crippen LogP contribution in [0.4, 0.5) is 0 Å². The molecule has 29 heavy (non-hydrogen) atoms. The lowest BCUT2D eigenvalue weighted by molar-refractivity contribution is 0.00867. The number of guanidine groups is 1. The van der Waals surface area contributed by atoms with E-state index in [0.29, 0.717) is 30.6 Å². The van der Waals surface area contributed by atoms with Gasteiger partial charge in [0.05, 0.1) is 19.8 Å². The van der Waals surface area contributed by atoms with Crippen LogP contribution in [0.3, 0.4) is 0 Å². The van der Waals surface area contributed by atoms with Crippen molar-refractivity contribution in [3.8, 4) is 0 Å². The molecule has 7 heteroatoms. The number of nitrogens with zero attached hydrogens (tertiary/aromatic N) is 2. The predicted octanol–water partition coefficient (Wildman–Crippen LogP) is 1.64. The lowest BCUT2D eigenvalue weighted by Crippen LogP contribution is -2.48. The number of carbonyl (C=O) groups excluding carboxylic acids is 1. The van der Waals surface area contributed by atoms with Crippen molar-refractivity contribution >= 4 is 11.9 Å². The van der Waals surface area contributed by atoms with Crippen LogP contribution in [0.2, 0.25) is 0 Å². The van der Waals surface area contributed by atoms with Crippen LogP contribution < -0.4 is 16.0 Å². The molecule has 1 amide bonds. The van der Waals surface area contributed by atoms with Crippen molar-refractivity contribution in [2.75, 3.05) is 52.5 Å². The molecule has 1 aromatic carbocycles. The zero-order valence-electron chi connectivity index (χ0n) is 18.3. The smallest absolute Gasteiger partial charge is 0.251 e. The molecule has 1 aliphatic heterocycles. The summed E-state index contributed by atoms with van der Waals surface area (Å²) in [6.45, 7) is 14.7. The second-order valence-corrected chi connectivity index (χ2v) is 7.73. The van der Waals surface area contributed by atoms with Gasteiger partial charge in [-0.2, -0.15) is 0 Å². The highest BCUT2D eigenvalue weighted by molar-refractivity contribution is 5.94. The van der Waals surface area contributed by atoms with Crippen molar-refractivity contribution in [1.29, 1.82) is 0 Å². The third-order valence-electron chi connectivity index (χ3n) is 5.05. The number of hydrogen-bond acceptors (Lipinski definition) is 4. The molecule has 1 aliphatic rings. The lowest BCUT2D eigenvalue weighted by Gasteiger charge is -2.36. The minimum Gasteiger partial charge on any atom is -0.379 e. The van der Waals surface area contributed by atoms with E-state index in [2.05, 4.69) is 41.6 Å². The molecule has 3 N–H and O–H groups in total. The number of hydrogen-bond donors (Lipinski definition) is 3. The molecule has 1 unspecified atom stereocenters. The highest BCUT2D eigenvalue weighted by Gasteiger charge is 2.23. The number of benzene rings is 1. The van der Waals surface area contributed by atoms with E-state index >= 15 is 0 Å². The highest BCUT2D eigenvalue weighted by Crippen LogP contribution is 2.13. The molecule has 0 aromatic heterocycles. The van der Waals surface area contributed by atoms with Gasteiger partial charge in [-0.3, -0.25) is 14.7 Å². The van der Waals surface area contributed by atoms with Crippen molar-refractivity contribution < 1.29 is 9.53 Å². The summed E-state index contributed by atoms with van der Waals surface area (Å²) in [5, 5.41) is 9.56. The zero-order valence-corrected chi connectivity index (χ0v) is 18.3. The molecule has 0 spiro atoms. The van der Waals surface area contributed by atoms with Crippen molar-refractivity contribution in [1.82, 2.24) is 20.9 Å². The number of carbonyl (C=O) groups is 1. The van der Waals surface area contributed by atoms with E-state index in [1.165, 1.54) is 0 Å². The molecule has 0 aliphatic carbocycles. The monoisotopic (exact) mass is 403 g/mol. The minimum absolute atomic E-state index is 0.0513. The van der Waals surface area contributed by atoms with E-state index in [0.717, 1.165) is 50.9 Å². The van der Waals surface area contributed by atoms with Gasteiger partial charge in [-0.25, -0.2) is 0 Å². The Morgan fingerprint density at radius 2 is 1.90 bits per heavy atom. The standard InChI is InChI=1S/C22H37N5O2/c1-5-23-22(26-16-20(17(2)3)27-11-13-29-14-12-27)25-10-9-24-21(28)19-8-6-7-18(4)15-19/h6-8,15,17,20H,5,9-14,16H2,1-4H3,(H,24,28)(H2,23,25,26). The van der Waals surface area contributed by atoms with Crippen molar-refractivity contribution in [3.63, 3.8) is 0 Å². The summed E-state index contributed by atoms with van der Waals surface area (Å²) in [6.07, 6.45) is 0. The number of aryl methyl sites for hydroxylation is 1. The molecule has 0 radical (unpaired) electrons. The fraction of sp³-hybridized carbons (Fsp3) is 0.636. The maximum Gasteiger partial charge on any atom is 0.251 e. The quantitative estimate of drug-likeness (QED) is 0.332. The second kappa shape index (κ2) is 12.4. The molecule has 1 atom stereocenters. The lowest BCUT2D eigenvalue weighted by atomic mass is 10.0. The molecule has 1 heterocycles.